The third kappa shape index (κ3) is 4.51. The fourth-order valence-corrected chi connectivity index (χ4v) is 1.38. The molecule has 1 rings (SSSR count). The van der Waals surface area contributed by atoms with Crippen molar-refractivity contribution in [2.45, 2.75) is 6.92 Å². The smallest absolute Gasteiger partial charge is 0.122 e. The van der Waals surface area contributed by atoms with Gasteiger partial charge in [-0.1, -0.05) is 11.6 Å². The fourth-order valence-electron chi connectivity index (χ4n) is 1.15. The maximum Gasteiger partial charge on any atom is 0.122 e. The van der Waals surface area contributed by atoms with Crippen molar-refractivity contribution in [3.8, 4) is 5.75 Å². The van der Waals surface area contributed by atoms with Crippen LogP contribution in [-0.2, 0) is 4.74 Å². The molecule has 4 heteroatoms. The SMILES string of the molecule is Cc1cc(Cl)ccc1OCCOCCO. The highest BCUT2D eigenvalue weighted by Crippen LogP contribution is 2.21. The van der Waals surface area contributed by atoms with Gasteiger partial charge < -0.3 is 14.6 Å². The summed E-state index contributed by atoms with van der Waals surface area (Å²) in [6.07, 6.45) is 0. The van der Waals surface area contributed by atoms with E-state index in [9.17, 15) is 0 Å². The Bertz CT molecular complexity index is 302. The molecule has 84 valence electrons. The lowest BCUT2D eigenvalue weighted by Crippen LogP contribution is -2.09. The van der Waals surface area contributed by atoms with Crippen molar-refractivity contribution in [2.24, 2.45) is 0 Å². The Kier molecular flexibility index (Phi) is 5.47. The van der Waals surface area contributed by atoms with Gasteiger partial charge >= 0.3 is 0 Å². The van der Waals surface area contributed by atoms with E-state index in [0.717, 1.165) is 11.3 Å². The Morgan fingerprint density at radius 2 is 2.07 bits per heavy atom. The van der Waals surface area contributed by atoms with Gasteiger partial charge in [-0.15, -0.1) is 0 Å². The second-order valence-electron chi connectivity index (χ2n) is 3.09. The molecule has 0 fully saturated rings. The van der Waals surface area contributed by atoms with Crippen LogP contribution in [0.2, 0.25) is 5.02 Å². The number of rotatable bonds is 6. The van der Waals surface area contributed by atoms with Crippen LogP contribution in [0.3, 0.4) is 0 Å². The van der Waals surface area contributed by atoms with Crippen molar-refractivity contribution in [3.05, 3.63) is 28.8 Å². The van der Waals surface area contributed by atoms with Crippen LogP contribution in [0.5, 0.6) is 5.75 Å². The maximum atomic E-state index is 8.48. The van der Waals surface area contributed by atoms with Crippen LogP contribution >= 0.6 is 11.6 Å². The van der Waals surface area contributed by atoms with Crippen LogP contribution < -0.4 is 4.74 Å². The predicted octanol–water partition coefficient (Wildman–Crippen LogP) is 2.04. The largest absolute Gasteiger partial charge is 0.491 e. The number of aryl methyl sites for hydroxylation is 1. The van der Waals surface area contributed by atoms with Crippen LogP contribution in [0.1, 0.15) is 5.56 Å². The van der Waals surface area contributed by atoms with Gasteiger partial charge in [0.05, 0.1) is 19.8 Å². The summed E-state index contributed by atoms with van der Waals surface area (Å²) in [5, 5.41) is 9.18. The topological polar surface area (TPSA) is 38.7 Å². The Labute approximate surface area is 94.6 Å². The van der Waals surface area contributed by atoms with E-state index < -0.39 is 0 Å². The van der Waals surface area contributed by atoms with E-state index in [1.165, 1.54) is 0 Å². The highest BCUT2D eigenvalue weighted by Gasteiger charge is 1.99. The lowest BCUT2D eigenvalue weighted by atomic mass is 10.2. The van der Waals surface area contributed by atoms with Gasteiger partial charge in [0.25, 0.3) is 0 Å². The van der Waals surface area contributed by atoms with Gasteiger partial charge in [0.1, 0.15) is 12.4 Å². The molecule has 15 heavy (non-hydrogen) atoms. The minimum atomic E-state index is 0.0416. The number of hydrogen-bond donors (Lipinski definition) is 1. The molecular weight excluding hydrogens is 216 g/mol. The number of halogens is 1. The number of aliphatic hydroxyl groups is 1. The van der Waals surface area contributed by atoms with Crippen LogP contribution in [0.25, 0.3) is 0 Å². The quantitative estimate of drug-likeness (QED) is 0.761. The molecule has 0 saturated heterocycles. The summed E-state index contributed by atoms with van der Waals surface area (Å²) < 4.78 is 10.5. The van der Waals surface area contributed by atoms with E-state index in [1.807, 2.05) is 19.1 Å². The lowest BCUT2D eigenvalue weighted by molar-refractivity contribution is 0.0704. The van der Waals surface area contributed by atoms with E-state index >= 15 is 0 Å². The molecule has 0 aliphatic heterocycles. The average Bonchev–Trinajstić information content (AvgIpc) is 2.20. The molecule has 0 heterocycles. The molecular formula is C11H15ClO3. The van der Waals surface area contributed by atoms with Crippen molar-refractivity contribution in [2.75, 3.05) is 26.4 Å². The maximum absolute atomic E-state index is 8.48. The van der Waals surface area contributed by atoms with Gasteiger partial charge in [-0.25, -0.2) is 0 Å². The van der Waals surface area contributed by atoms with E-state index in [0.29, 0.717) is 24.8 Å². The minimum absolute atomic E-state index is 0.0416. The second kappa shape index (κ2) is 6.67. The third-order valence-corrected chi connectivity index (χ3v) is 2.09. The molecule has 0 aliphatic carbocycles. The van der Waals surface area contributed by atoms with Crippen molar-refractivity contribution in [1.29, 1.82) is 0 Å². The summed E-state index contributed by atoms with van der Waals surface area (Å²) in [4.78, 5) is 0. The van der Waals surface area contributed by atoms with Gasteiger partial charge in [0, 0.05) is 5.02 Å². The van der Waals surface area contributed by atoms with Crippen molar-refractivity contribution in [3.63, 3.8) is 0 Å². The zero-order valence-corrected chi connectivity index (χ0v) is 9.46. The molecule has 0 unspecified atom stereocenters. The molecule has 0 bridgehead atoms. The second-order valence-corrected chi connectivity index (χ2v) is 3.53. The van der Waals surface area contributed by atoms with Gasteiger partial charge in [0.15, 0.2) is 0 Å². The number of ether oxygens (including phenoxy) is 2. The summed E-state index contributed by atoms with van der Waals surface area (Å²) in [5.74, 6) is 0.812. The summed E-state index contributed by atoms with van der Waals surface area (Å²) >= 11 is 5.81. The third-order valence-electron chi connectivity index (χ3n) is 1.86. The van der Waals surface area contributed by atoms with Crippen LogP contribution in [0.15, 0.2) is 18.2 Å². The molecule has 0 spiro atoms. The molecule has 0 amide bonds. The summed E-state index contributed by atoms with van der Waals surface area (Å²) in [6, 6.07) is 5.48. The Balaban J connectivity index is 2.31. The number of aliphatic hydroxyl groups excluding tert-OH is 1. The van der Waals surface area contributed by atoms with Gasteiger partial charge in [-0.3, -0.25) is 0 Å². The monoisotopic (exact) mass is 230 g/mol. The first-order chi connectivity index (χ1) is 7.24. The van der Waals surface area contributed by atoms with E-state index in [1.54, 1.807) is 6.07 Å². The van der Waals surface area contributed by atoms with E-state index in [2.05, 4.69) is 0 Å². The number of benzene rings is 1. The average molecular weight is 231 g/mol. The summed E-state index contributed by atoms with van der Waals surface area (Å²) in [6.45, 7) is 3.28. The standard InChI is InChI=1S/C11H15ClO3/c1-9-8-10(12)2-3-11(9)15-7-6-14-5-4-13/h2-3,8,13H,4-7H2,1H3. The van der Waals surface area contributed by atoms with Crippen LogP contribution in [-0.4, -0.2) is 31.5 Å². The summed E-state index contributed by atoms with van der Waals surface area (Å²) in [5.41, 5.74) is 1.00. The minimum Gasteiger partial charge on any atom is -0.491 e. The first kappa shape index (κ1) is 12.3. The van der Waals surface area contributed by atoms with Crippen molar-refractivity contribution in [1.82, 2.24) is 0 Å². The van der Waals surface area contributed by atoms with E-state index in [-0.39, 0.29) is 6.61 Å². The first-order valence-corrected chi connectivity index (χ1v) is 5.19. The molecule has 0 radical (unpaired) electrons. The zero-order valence-electron chi connectivity index (χ0n) is 8.70. The molecule has 1 N–H and O–H groups in total. The highest BCUT2D eigenvalue weighted by molar-refractivity contribution is 6.30. The highest BCUT2D eigenvalue weighted by atomic mass is 35.5. The summed E-state index contributed by atoms with van der Waals surface area (Å²) in [7, 11) is 0. The van der Waals surface area contributed by atoms with Gasteiger partial charge in [-0.2, -0.15) is 0 Å². The fraction of sp³-hybridized carbons (Fsp3) is 0.455. The molecule has 1 aromatic rings. The molecule has 3 nitrogen and oxygen atoms in total. The lowest BCUT2D eigenvalue weighted by Gasteiger charge is -2.09. The van der Waals surface area contributed by atoms with Crippen molar-refractivity contribution < 1.29 is 14.6 Å². The van der Waals surface area contributed by atoms with Crippen molar-refractivity contribution >= 4 is 11.6 Å². The number of hydrogen-bond acceptors (Lipinski definition) is 3. The predicted molar refractivity (Wildman–Crippen MR) is 59.6 cm³/mol. The molecule has 0 saturated carbocycles. The normalized spacial score (nSPS) is 10.3. The molecule has 1 aromatic carbocycles. The zero-order chi connectivity index (χ0) is 11.1. The van der Waals surface area contributed by atoms with Crippen LogP contribution in [0, 0.1) is 6.92 Å². The van der Waals surface area contributed by atoms with Gasteiger partial charge in [-0.05, 0) is 30.7 Å². The Morgan fingerprint density at radius 1 is 1.27 bits per heavy atom. The molecule has 0 aromatic heterocycles. The van der Waals surface area contributed by atoms with Gasteiger partial charge in [0.2, 0.25) is 0 Å². The Hall–Kier alpha value is -0.770. The Morgan fingerprint density at radius 3 is 2.73 bits per heavy atom. The van der Waals surface area contributed by atoms with Crippen LogP contribution in [0.4, 0.5) is 0 Å². The molecule has 0 aliphatic rings. The molecule has 0 atom stereocenters. The first-order valence-electron chi connectivity index (χ1n) is 4.81. The van der Waals surface area contributed by atoms with E-state index in [4.69, 9.17) is 26.2 Å².